The minimum absolute atomic E-state index is 0.877. The summed E-state index contributed by atoms with van der Waals surface area (Å²) in [5.41, 5.74) is 1.78. The van der Waals surface area contributed by atoms with Crippen LogP contribution in [0.4, 0.5) is 0 Å². The Labute approximate surface area is 63.3 Å². The summed E-state index contributed by atoms with van der Waals surface area (Å²) in [6.07, 6.45) is 6.90. The van der Waals surface area contributed by atoms with Crippen molar-refractivity contribution in [3.8, 4) is 0 Å². The highest BCUT2D eigenvalue weighted by molar-refractivity contribution is 5.23. The van der Waals surface area contributed by atoms with Crippen molar-refractivity contribution in [1.82, 2.24) is 0 Å². The first-order valence-electron chi connectivity index (χ1n) is 4.48. The molecule has 0 amide bonds. The van der Waals surface area contributed by atoms with Crippen molar-refractivity contribution in [1.29, 1.82) is 0 Å². The molecule has 2 aliphatic rings. The van der Waals surface area contributed by atoms with E-state index in [1.54, 1.807) is 5.57 Å². The average Bonchev–Trinajstić information content (AvgIpc) is 2.42. The van der Waals surface area contributed by atoms with E-state index in [0.717, 1.165) is 17.8 Å². The molecule has 0 nitrogen and oxygen atoms in total. The van der Waals surface area contributed by atoms with E-state index in [1.165, 1.54) is 19.3 Å². The maximum Gasteiger partial charge on any atom is -0.0170 e. The second-order valence-corrected chi connectivity index (χ2v) is 4.13. The van der Waals surface area contributed by atoms with Gasteiger partial charge in [-0.25, -0.2) is 0 Å². The lowest BCUT2D eigenvalue weighted by molar-refractivity contribution is 0.411. The van der Waals surface area contributed by atoms with Crippen LogP contribution in [0.1, 0.15) is 33.1 Å². The van der Waals surface area contributed by atoms with Gasteiger partial charge in [0.2, 0.25) is 0 Å². The molecule has 0 N–H and O–H groups in total. The van der Waals surface area contributed by atoms with Gasteiger partial charge in [-0.15, -0.1) is 0 Å². The van der Waals surface area contributed by atoms with Crippen LogP contribution in [0.3, 0.4) is 0 Å². The summed E-state index contributed by atoms with van der Waals surface area (Å²) < 4.78 is 0. The Kier molecular flexibility index (Phi) is 1.36. The lowest BCUT2D eigenvalue weighted by Crippen LogP contribution is -2.16. The molecule has 0 bridgehead atoms. The van der Waals surface area contributed by atoms with Gasteiger partial charge in [-0.2, -0.15) is 0 Å². The minimum Gasteiger partial charge on any atom is -0.0813 e. The van der Waals surface area contributed by atoms with E-state index in [4.69, 9.17) is 0 Å². The van der Waals surface area contributed by atoms with Gasteiger partial charge in [0.15, 0.2) is 0 Å². The second kappa shape index (κ2) is 2.11. The number of hydrogen-bond donors (Lipinski definition) is 0. The van der Waals surface area contributed by atoms with Crippen molar-refractivity contribution in [3.05, 3.63) is 11.6 Å². The zero-order chi connectivity index (χ0) is 7.14. The molecule has 0 aromatic heterocycles. The van der Waals surface area contributed by atoms with Crippen molar-refractivity contribution in [2.24, 2.45) is 17.8 Å². The first-order chi connectivity index (χ1) is 4.77. The van der Waals surface area contributed by atoms with Crippen molar-refractivity contribution in [2.45, 2.75) is 33.1 Å². The second-order valence-electron chi connectivity index (χ2n) is 4.13. The van der Waals surface area contributed by atoms with Crippen LogP contribution in [0.5, 0.6) is 0 Å². The Bertz CT molecular complexity index is 161. The molecular formula is C10H16. The molecule has 56 valence electrons. The molecule has 1 atom stereocenters. The zero-order valence-corrected chi connectivity index (χ0v) is 6.93. The Morgan fingerprint density at radius 1 is 1.40 bits per heavy atom. The number of hydrogen-bond acceptors (Lipinski definition) is 0. The van der Waals surface area contributed by atoms with Crippen molar-refractivity contribution < 1.29 is 0 Å². The van der Waals surface area contributed by atoms with Crippen LogP contribution >= 0.6 is 0 Å². The van der Waals surface area contributed by atoms with Gasteiger partial charge in [-0.3, -0.25) is 0 Å². The smallest absolute Gasteiger partial charge is 0.0170 e. The molecule has 1 unspecified atom stereocenters. The lowest BCUT2D eigenvalue weighted by Gasteiger charge is -2.28. The highest BCUT2D eigenvalue weighted by Gasteiger charge is 2.33. The van der Waals surface area contributed by atoms with E-state index in [2.05, 4.69) is 19.9 Å². The summed E-state index contributed by atoms with van der Waals surface area (Å²) in [5.74, 6) is 2.84. The van der Waals surface area contributed by atoms with Crippen LogP contribution in [0.15, 0.2) is 11.6 Å². The third-order valence-electron chi connectivity index (χ3n) is 2.86. The van der Waals surface area contributed by atoms with E-state index in [-0.39, 0.29) is 0 Å². The fourth-order valence-corrected chi connectivity index (χ4v) is 1.70. The molecule has 10 heavy (non-hydrogen) atoms. The highest BCUT2D eigenvalue weighted by atomic mass is 14.4. The molecule has 0 spiro atoms. The quantitative estimate of drug-likeness (QED) is 0.512. The number of rotatable bonds is 2. The Hall–Kier alpha value is -0.260. The first-order valence-corrected chi connectivity index (χ1v) is 4.48. The molecule has 1 saturated carbocycles. The predicted octanol–water partition coefficient (Wildman–Crippen LogP) is 3.00. The molecule has 0 heterocycles. The van der Waals surface area contributed by atoms with Gasteiger partial charge < -0.3 is 0 Å². The van der Waals surface area contributed by atoms with Gasteiger partial charge in [-0.05, 0) is 37.0 Å². The Balaban J connectivity index is 1.89. The van der Waals surface area contributed by atoms with Crippen molar-refractivity contribution in [2.75, 3.05) is 0 Å². The van der Waals surface area contributed by atoms with E-state index >= 15 is 0 Å². The van der Waals surface area contributed by atoms with E-state index < -0.39 is 0 Å². The standard InChI is InChI=1S/C10H16/c1-7(2)9-5-10(6-9)8-3-4-8/h5,7-9H,3-4,6H2,1-2H3. The van der Waals surface area contributed by atoms with Gasteiger partial charge in [0.1, 0.15) is 0 Å². The average molecular weight is 136 g/mol. The van der Waals surface area contributed by atoms with E-state index in [0.29, 0.717) is 0 Å². The Morgan fingerprint density at radius 2 is 2.00 bits per heavy atom. The molecule has 0 aromatic rings. The largest absolute Gasteiger partial charge is 0.0813 e. The molecule has 0 aliphatic heterocycles. The summed E-state index contributed by atoms with van der Waals surface area (Å²) in [6.45, 7) is 4.65. The summed E-state index contributed by atoms with van der Waals surface area (Å²) in [4.78, 5) is 0. The van der Waals surface area contributed by atoms with Crippen LogP contribution in [0, 0.1) is 17.8 Å². The van der Waals surface area contributed by atoms with Crippen LogP contribution in [-0.2, 0) is 0 Å². The van der Waals surface area contributed by atoms with Crippen LogP contribution in [0.2, 0.25) is 0 Å². The van der Waals surface area contributed by atoms with Crippen LogP contribution in [0.25, 0.3) is 0 Å². The fraction of sp³-hybridized carbons (Fsp3) is 0.800. The summed E-state index contributed by atoms with van der Waals surface area (Å²) in [6, 6.07) is 0. The van der Waals surface area contributed by atoms with Crippen molar-refractivity contribution in [3.63, 3.8) is 0 Å². The van der Waals surface area contributed by atoms with Gasteiger partial charge in [-0.1, -0.05) is 25.5 Å². The minimum atomic E-state index is 0.877. The highest BCUT2D eigenvalue weighted by Crippen LogP contribution is 2.46. The molecule has 0 heteroatoms. The van der Waals surface area contributed by atoms with Gasteiger partial charge in [0.25, 0.3) is 0 Å². The van der Waals surface area contributed by atoms with Gasteiger partial charge in [0, 0.05) is 0 Å². The zero-order valence-electron chi connectivity index (χ0n) is 6.93. The summed E-state index contributed by atoms with van der Waals surface area (Å²) >= 11 is 0. The lowest BCUT2D eigenvalue weighted by atomic mass is 9.77. The van der Waals surface area contributed by atoms with Crippen molar-refractivity contribution >= 4 is 0 Å². The molecule has 0 aromatic carbocycles. The molecular weight excluding hydrogens is 120 g/mol. The Morgan fingerprint density at radius 3 is 2.40 bits per heavy atom. The summed E-state index contributed by atoms with van der Waals surface area (Å²) in [5, 5.41) is 0. The number of allylic oxidation sites excluding steroid dienone is 2. The molecule has 2 rings (SSSR count). The normalized spacial score (nSPS) is 31.9. The van der Waals surface area contributed by atoms with Crippen LogP contribution in [-0.4, -0.2) is 0 Å². The molecule has 0 radical (unpaired) electrons. The summed E-state index contributed by atoms with van der Waals surface area (Å²) in [7, 11) is 0. The third-order valence-corrected chi connectivity index (χ3v) is 2.86. The van der Waals surface area contributed by atoms with Gasteiger partial charge >= 0.3 is 0 Å². The van der Waals surface area contributed by atoms with Gasteiger partial charge in [0.05, 0.1) is 0 Å². The first kappa shape index (κ1) is 6.45. The SMILES string of the molecule is CC(C)C1C=C(C2CC2)C1. The predicted molar refractivity (Wildman–Crippen MR) is 43.8 cm³/mol. The molecule has 0 saturated heterocycles. The van der Waals surface area contributed by atoms with E-state index in [1.807, 2.05) is 0 Å². The topological polar surface area (TPSA) is 0 Å². The monoisotopic (exact) mass is 136 g/mol. The van der Waals surface area contributed by atoms with E-state index in [9.17, 15) is 0 Å². The maximum atomic E-state index is 2.52. The fourth-order valence-electron chi connectivity index (χ4n) is 1.70. The third kappa shape index (κ3) is 1.00. The molecule has 2 aliphatic carbocycles. The van der Waals surface area contributed by atoms with Crippen LogP contribution < -0.4 is 0 Å². The maximum absolute atomic E-state index is 2.52. The molecule has 1 fully saturated rings.